The van der Waals surface area contributed by atoms with E-state index >= 15 is 0 Å². The molecular formula is C6H8N2O4. The van der Waals surface area contributed by atoms with Gasteiger partial charge in [0.2, 0.25) is 0 Å². The minimum absolute atomic E-state index is 0.535. The first-order valence-electron chi connectivity index (χ1n) is 3.03. The molecule has 0 aromatic rings. The molecule has 0 spiro atoms. The molecule has 0 amide bonds. The summed E-state index contributed by atoms with van der Waals surface area (Å²) < 4.78 is 0. The van der Waals surface area contributed by atoms with Crippen LogP contribution in [-0.4, -0.2) is 24.4 Å². The van der Waals surface area contributed by atoms with Crippen LogP contribution in [0.4, 0.5) is 0 Å². The molecule has 0 N–H and O–H groups in total. The largest absolute Gasteiger partial charge is 0.331 e. The van der Waals surface area contributed by atoms with Crippen LogP contribution in [0.3, 0.4) is 0 Å². The van der Waals surface area contributed by atoms with E-state index < -0.39 is 11.9 Å². The summed E-state index contributed by atoms with van der Waals surface area (Å²) in [6.45, 7) is 2.42. The third kappa shape index (κ3) is 8.28. The lowest BCUT2D eigenvalue weighted by Gasteiger charge is -1.86. The average molecular weight is 172 g/mol. The molecule has 0 fully saturated rings. The van der Waals surface area contributed by atoms with Crippen molar-refractivity contribution in [2.75, 3.05) is 0 Å². The summed E-state index contributed by atoms with van der Waals surface area (Å²) in [6.07, 6.45) is 2.15. The number of hydrogen-bond acceptors (Lipinski definition) is 6. The predicted octanol–water partition coefficient (Wildman–Crippen LogP) is 0.0842. The fourth-order valence-corrected chi connectivity index (χ4v) is 0.264. The fraction of sp³-hybridized carbons (Fsp3) is 0.333. The first-order valence-corrected chi connectivity index (χ1v) is 3.03. The van der Waals surface area contributed by atoms with Gasteiger partial charge >= 0.3 is 11.9 Å². The molecule has 0 aromatic carbocycles. The van der Waals surface area contributed by atoms with Gasteiger partial charge in [-0.3, -0.25) is 0 Å². The quantitative estimate of drug-likeness (QED) is 0.343. The summed E-state index contributed by atoms with van der Waals surface area (Å²) in [5.74, 6) is -1.07. The molecular weight excluding hydrogens is 164 g/mol. The van der Waals surface area contributed by atoms with Gasteiger partial charge in [0.25, 0.3) is 0 Å². The Bertz CT molecular complexity index is 198. The molecule has 0 bridgehead atoms. The summed E-state index contributed by atoms with van der Waals surface area (Å²) in [7, 11) is 0. The molecule has 66 valence electrons. The lowest BCUT2D eigenvalue weighted by molar-refractivity contribution is -0.141. The second-order valence-corrected chi connectivity index (χ2v) is 1.67. The maximum atomic E-state index is 10.1. The van der Waals surface area contributed by atoms with Gasteiger partial charge in [-0.2, -0.15) is 0 Å². The van der Waals surface area contributed by atoms with Gasteiger partial charge in [0.1, 0.15) is 0 Å². The van der Waals surface area contributed by atoms with Crippen LogP contribution in [0.15, 0.2) is 10.3 Å². The molecule has 0 aliphatic rings. The molecule has 0 aliphatic carbocycles. The molecule has 0 rings (SSSR count). The number of carbonyl (C=O) groups is 2. The Kier molecular flexibility index (Phi) is 5.16. The second-order valence-electron chi connectivity index (χ2n) is 1.67. The SMILES string of the molecule is CC(=O)O/N=C\C=N/OC(C)=O. The van der Waals surface area contributed by atoms with Crippen molar-refractivity contribution in [1.29, 1.82) is 0 Å². The molecule has 0 atom stereocenters. The Morgan fingerprint density at radius 1 is 1.00 bits per heavy atom. The molecule has 0 aliphatic heterocycles. The van der Waals surface area contributed by atoms with Gasteiger partial charge in [0.15, 0.2) is 0 Å². The van der Waals surface area contributed by atoms with Crippen LogP contribution in [0.5, 0.6) is 0 Å². The van der Waals surface area contributed by atoms with E-state index in [1.54, 1.807) is 0 Å². The molecule has 0 unspecified atom stereocenters. The third-order valence-electron chi connectivity index (χ3n) is 0.551. The molecule has 12 heavy (non-hydrogen) atoms. The highest BCUT2D eigenvalue weighted by Gasteiger charge is 1.86. The van der Waals surface area contributed by atoms with Crippen molar-refractivity contribution < 1.29 is 19.3 Å². The van der Waals surface area contributed by atoms with Crippen molar-refractivity contribution in [3.63, 3.8) is 0 Å². The van der Waals surface area contributed by atoms with E-state index in [4.69, 9.17) is 0 Å². The number of carbonyl (C=O) groups excluding carboxylic acids is 2. The van der Waals surface area contributed by atoms with E-state index in [0.29, 0.717) is 0 Å². The number of nitrogens with zero attached hydrogens (tertiary/aromatic N) is 2. The molecule has 6 nitrogen and oxygen atoms in total. The van der Waals surface area contributed by atoms with Crippen molar-refractivity contribution >= 4 is 24.4 Å². The molecule has 0 heterocycles. The van der Waals surface area contributed by atoms with Crippen LogP contribution >= 0.6 is 0 Å². The molecule has 6 heteroatoms. The zero-order chi connectivity index (χ0) is 9.40. The van der Waals surface area contributed by atoms with Crippen LogP contribution in [0.25, 0.3) is 0 Å². The van der Waals surface area contributed by atoms with Gasteiger partial charge in [0, 0.05) is 13.8 Å². The first-order chi connectivity index (χ1) is 5.63. The van der Waals surface area contributed by atoms with E-state index in [9.17, 15) is 9.59 Å². The number of rotatable bonds is 3. The van der Waals surface area contributed by atoms with E-state index in [2.05, 4.69) is 20.0 Å². The third-order valence-corrected chi connectivity index (χ3v) is 0.551. The number of oxime groups is 2. The predicted molar refractivity (Wildman–Crippen MR) is 40.5 cm³/mol. The minimum atomic E-state index is -0.535. The van der Waals surface area contributed by atoms with E-state index in [1.165, 1.54) is 13.8 Å². The summed E-state index contributed by atoms with van der Waals surface area (Å²) in [6, 6.07) is 0. The Morgan fingerprint density at radius 2 is 1.33 bits per heavy atom. The topological polar surface area (TPSA) is 77.3 Å². The lowest BCUT2D eigenvalue weighted by atomic mass is 10.8. The van der Waals surface area contributed by atoms with Crippen molar-refractivity contribution in [3.8, 4) is 0 Å². The van der Waals surface area contributed by atoms with Crippen LogP contribution in [0.2, 0.25) is 0 Å². The van der Waals surface area contributed by atoms with Crippen LogP contribution in [0.1, 0.15) is 13.8 Å². The van der Waals surface area contributed by atoms with Gasteiger partial charge in [0.05, 0.1) is 12.4 Å². The Labute approximate surface area is 68.8 Å². The van der Waals surface area contributed by atoms with Gasteiger partial charge in [-0.15, -0.1) is 0 Å². The van der Waals surface area contributed by atoms with Crippen LogP contribution < -0.4 is 0 Å². The maximum Gasteiger partial charge on any atom is 0.331 e. The Hall–Kier alpha value is -1.72. The Morgan fingerprint density at radius 3 is 1.58 bits per heavy atom. The molecule has 0 radical (unpaired) electrons. The first kappa shape index (κ1) is 10.3. The maximum absolute atomic E-state index is 10.1. The van der Waals surface area contributed by atoms with Crippen LogP contribution in [0, 0.1) is 0 Å². The minimum Gasteiger partial charge on any atom is -0.319 e. The van der Waals surface area contributed by atoms with Gasteiger partial charge < -0.3 is 9.68 Å². The number of hydrogen-bond donors (Lipinski definition) is 0. The Balaban J connectivity index is 3.52. The highest BCUT2D eigenvalue weighted by atomic mass is 16.7. The summed E-state index contributed by atoms with van der Waals surface area (Å²) >= 11 is 0. The van der Waals surface area contributed by atoms with E-state index in [0.717, 1.165) is 12.4 Å². The van der Waals surface area contributed by atoms with Gasteiger partial charge in [-0.1, -0.05) is 10.3 Å². The molecule has 0 saturated heterocycles. The van der Waals surface area contributed by atoms with Crippen molar-refractivity contribution in [2.45, 2.75) is 13.8 Å². The standard InChI is InChI=1S/C6H8N2O4/c1-5(9)11-7-3-4-8-12-6(2)10/h3-4H,1-2H3/b7-3-,8-4-. The average Bonchev–Trinajstić information content (AvgIpc) is 1.95. The lowest BCUT2D eigenvalue weighted by Crippen LogP contribution is -1.93. The zero-order valence-corrected chi connectivity index (χ0v) is 6.68. The summed E-state index contributed by atoms with van der Waals surface area (Å²) in [5.41, 5.74) is 0. The normalized spacial score (nSPS) is 10.5. The highest BCUT2D eigenvalue weighted by molar-refractivity contribution is 6.15. The van der Waals surface area contributed by atoms with Crippen molar-refractivity contribution in [2.24, 2.45) is 10.3 Å². The van der Waals surface area contributed by atoms with Crippen LogP contribution in [-0.2, 0) is 19.3 Å². The van der Waals surface area contributed by atoms with Gasteiger partial charge in [-0.25, -0.2) is 9.59 Å². The second kappa shape index (κ2) is 6.02. The highest BCUT2D eigenvalue weighted by Crippen LogP contribution is 1.75. The van der Waals surface area contributed by atoms with Crippen molar-refractivity contribution in [3.05, 3.63) is 0 Å². The zero-order valence-electron chi connectivity index (χ0n) is 6.68. The smallest absolute Gasteiger partial charge is 0.319 e. The monoisotopic (exact) mass is 172 g/mol. The summed E-state index contributed by atoms with van der Waals surface area (Å²) in [5, 5.41) is 6.31. The summed E-state index contributed by atoms with van der Waals surface area (Å²) in [4.78, 5) is 28.5. The van der Waals surface area contributed by atoms with Crippen molar-refractivity contribution in [1.82, 2.24) is 0 Å². The van der Waals surface area contributed by atoms with E-state index in [-0.39, 0.29) is 0 Å². The fourth-order valence-electron chi connectivity index (χ4n) is 0.264. The molecule has 0 saturated carbocycles. The van der Waals surface area contributed by atoms with Gasteiger partial charge in [-0.05, 0) is 0 Å². The molecule has 0 aromatic heterocycles. The van der Waals surface area contributed by atoms with E-state index in [1.807, 2.05) is 0 Å².